The molecule has 6 nitrogen and oxygen atoms in total. The summed E-state index contributed by atoms with van der Waals surface area (Å²) in [5.41, 5.74) is 0.581. The maximum atomic E-state index is 11.9. The van der Waals surface area contributed by atoms with Gasteiger partial charge >= 0.3 is 0 Å². The molecule has 0 saturated carbocycles. The van der Waals surface area contributed by atoms with Crippen LogP contribution >= 0.6 is 11.3 Å². The minimum Gasteiger partial charge on any atom is -0.347 e. The molecule has 2 rings (SSSR count). The maximum Gasteiger partial charge on any atom is 0.245 e. The van der Waals surface area contributed by atoms with Crippen LogP contribution in [0.2, 0.25) is 0 Å². The van der Waals surface area contributed by atoms with Crippen molar-refractivity contribution < 1.29 is 9.59 Å². The molecule has 7 heteroatoms. The number of hydrogen-bond acceptors (Lipinski definition) is 5. The van der Waals surface area contributed by atoms with Crippen LogP contribution in [0.15, 0.2) is 0 Å². The summed E-state index contributed by atoms with van der Waals surface area (Å²) in [7, 11) is 2.07. The third kappa shape index (κ3) is 4.25. The molecule has 0 spiro atoms. The topological polar surface area (TPSA) is 74.3 Å². The first kappa shape index (κ1) is 15.9. The van der Waals surface area contributed by atoms with Crippen LogP contribution in [-0.4, -0.2) is 41.8 Å². The van der Waals surface area contributed by atoms with Gasteiger partial charge < -0.3 is 15.5 Å². The summed E-state index contributed by atoms with van der Waals surface area (Å²) in [6, 6.07) is 0. The molecule has 1 aliphatic heterocycles. The zero-order valence-electron chi connectivity index (χ0n) is 12.9. The summed E-state index contributed by atoms with van der Waals surface area (Å²) >= 11 is 1.51. The van der Waals surface area contributed by atoms with Gasteiger partial charge in [-0.05, 0) is 7.05 Å². The number of likely N-dealkylation sites (N-methyl/N-ethyl adjacent to an activating group) is 1. The molecule has 2 heterocycles. The zero-order chi connectivity index (χ0) is 15.6. The molecular weight excluding hydrogens is 288 g/mol. The van der Waals surface area contributed by atoms with E-state index >= 15 is 0 Å². The first-order valence-electron chi connectivity index (χ1n) is 7.01. The molecule has 2 amide bonds. The number of amides is 2. The molecule has 0 fully saturated rings. The summed E-state index contributed by atoms with van der Waals surface area (Å²) < 4.78 is 0. The molecule has 0 atom stereocenters. The molecule has 0 aromatic carbocycles. The van der Waals surface area contributed by atoms with Crippen LogP contribution in [0.3, 0.4) is 0 Å². The lowest BCUT2D eigenvalue weighted by atomic mass is 9.96. The molecule has 0 bridgehead atoms. The van der Waals surface area contributed by atoms with Crippen molar-refractivity contribution in [3.8, 4) is 0 Å². The highest BCUT2D eigenvalue weighted by Gasteiger charge is 2.22. The average molecular weight is 310 g/mol. The smallest absolute Gasteiger partial charge is 0.245 e. The van der Waals surface area contributed by atoms with Crippen LogP contribution in [0, 0.1) is 5.41 Å². The number of thiazole rings is 1. The van der Waals surface area contributed by atoms with E-state index in [4.69, 9.17) is 0 Å². The van der Waals surface area contributed by atoms with Gasteiger partial charge in [-0.3, -0.25) is 9.59 Å². The average Bonchev–Trinajstić information content (AvgIpc) is 2.75. The van der Waals surface area contributed by atoms with Gasteiger partial charge in [0.1, 0.15) is 0 Å². The van der Waals surface area contributed by atoms with Crippen LogP contribution < -0.4 is 10.6 Å². The third-order valence-electron chi connectivity index (χ3n) is 3.26. The number of nitrogens with one attached hydrogen (secondary N) is 2. The molecule has 0 aliphatic carbocycles. The molecule has 0 unspecified atom stereocenters. The van der Waals surface area contributed by atoms with Crippen molar-refractivity contribution in [1.29, 1.82) is 0 Å². The number of carbonyl (C=O) groups excluding carboxylic acids is 2. The Morgan fingerprint density at radius 3 is 2.76 bits per heavy atom. The highest BCUT2D eigenvalue weighted by molar-refractivity contribution is 7.15. The van der Waals surface area contributed by atoms with Gasteiger partial charge in [0.05, 0.1) is 12.2 Å². The summed E-state index contributed by atoms with van der Waals surface area (Å²) in [5.74, 6) is -0.384. The molecule has 0 radical (unpaired) electrons. The van der Waals surface area contributed by atoms with Crippen molar-refractivity contribution in [1.82, 2.24) is 15.2 Å². The molecule has 2 N–H and O–H groups in total. The van der Waals surface area contributed by atoms with Gasteiger partial charge in [0, 0.05) is 29.8 Å². The summed E-state index contributed by atoms with van der Waals surface area (Å²) in [6.45, 7) is 7.28. The molecule has 0 saturated heterocycles. The van der Waals surface area contributed by atoms with E-state index in [9.17, 15) is 9.59 Å². The van der Waals surface area contributed by atoms with E-state index in [1.54, 1.807) is 0 Å². The van der Waals surface area contributed by atoms with E-state index in [1.807, 2.05) is 20.8 Å². The predicted molar refractivity (Wildman–Crippen MR) is 83.2 cm³/mol. The Morgan fingerprint density at radius 1 is 1.38 bits per heavy atom. The monoisotopic (exact) mass is 310 g/mol. The highest BCUT2D eigenvalue weighted by Crippen LogP contribution is 2.27. The van der Waals surface area contributed by atoms with E-state index in [0.29, 0.717) is 5.13 Å². The van der Waals surface area contributed by atoms with E-state index in [1.165, 1.54) is 16.2 Å². The Labute approximate surface area is 128 Å². The number of carbonyl (C=O) groups is 2. The van der Waals surface area contributed by atoms with Crippen LogP contribution in [0.4, 0.5) is 5.13 Å². The van der Waals surface area contributed by atoms with Gasteiger partial charge in [0.15, 0.2) is 5.13 Å². The van der Waals surface area contributed by atoms with Crippen LogP contribution in [-0.2, 0) is 22.6 Å². The lowest BCUT2D eigenvalue weighted by Crippen LogP contribution is -2.39. The predicted octanol–water partition coefficient (Wildman–Crippen LogP) is 1.23. The third-order valence-corrected chi connectivity index (χ3v) is 4.26. The molecule has 1 aliphatic rings. The number of nitrogens with zero attached hydrogens (tertiary/aromatic N) is 2. The Balaban J connectivity index is 1.88. The van der Waals surface area contributed by atoms with Crippen molar-refractivity contribution >= 4 is 28.3 Å². The van der Waals surface area contributed by atoms with Crippen molar-refractivity contribution in [2.75, 3.05) is 25.5 Å². The van der Waals surface area contributed by atoms with Crippen molar-refractivity contribution in [2.24, 2.45) is 5.41 Å². The number of fused-ring (bicyclic) bond motifs is 1. The maximum absolute atomic E-state index is 11.9. The Bertz CT molecular complexity index is 548. The normalized spacial score (nSPS) is 15.4. The van der Waals surface area contributed by atoms with Crippen LogP contribution in [0.25, 0.3) is 0 Å². The standard InChI is InChI=1S/C14H22N4O2S/c1-14(2,3)12(20)15-7-11(19)17-13-16-9-5-6-18(4)8-10(9)21-13/h5-8H2,1-4H3,(H,15,20)(H,16,17,19). The first-order valence-corrected chi connectivity index (χ1v) is 7.82. The Hall–Kier alpha value is -1.47. The summed E-state index contributed by atoms with van der Waals surface area (Å²) in [4.78, 5) is 31.4. The Kier molecular flexibility index (Phi) is 4.63. The van der Waals surface area contributed by atoms with Gasteiger partial charge in [-0.25, -0.2) is 4.98 Å². The lowest BCUT2D eigenvalue weighted by Gasteiger charge is -2.20. The minimum atomic E-state index is -0.495. The number of anilines is 1. The van der Waals surface area contributed by atoms with Crippen molar-refractivity contribution in [2.45, 2.75) is 33.7 Å². The lowest BCUT2D eigenvalue weighted by molar-refractivity contribution is -0.130. The molecule has 1 aromatic heterocycles. The number of rotatable bonds is 3. The minimum absolute atomic E-state index is 0.0275. The van der Waals surface area contributed by atoms with E-state index in [2.05, 4.69) is 27.6 Å². The van der Waals surface area contributed by atoms with Gasteiger partial charge in [-0.1, -0.05) is 20.8 Å². The van der Waals surface area contributed by atoms with E-state index in [0.717, 1.165) is 25.2 Å². The molecule has 116 valence electrons. The second-order valence-corrected chi connectivity index (χ2v) is 7.44. The van der Waals surface area contributed by atoms with Gasteiger partial charge in [0.25, 0.3) is 0 Å². The van der Waals surface area contributed by atoms with Crippen molar-refractivity contribution in [3.63, 3.8) is 0 Å². The highest BCUT2D eigenvalue weighted by atomic mass is 32.1. The second-order valence-electron chi connectivity index (χ2n) is 6.36. The van der Waals surface area contributed by atoms with Gasteiger partial charge in [-0.2, -0.15) is 0 Å². The molecular formula is C14H22N4O2S. The van der Waals surface area contributed by atoms with Gasteiger partial charge in [0.2, 0.25) is 11.8 Å². The molecule has 21 heavy (non-hydrogen) atoms. The SMILES string of the molecule is CN1CCc2nc(NC(=O)CNC(=O)C(C)(C)C)sc2C1. The zero-order valence-corrected chi connectivity index (χ0v) is 13.8. The second kappa shape index (κ2) is 6.11. The van der Waals surface area contributed by atoms with Crippen molar-refractivity contribution in [3.05, 3.63) is 10.6 Å². The number of aromatic nitrogens is 1. The fourth-order valence-electron chi connectivity index (χ4n) is 1.97. The van der Waals surface area contributed by atoms with Gasteiger partial charge in [-0.15, -0.1) is 11.3 Å². The first-order chi connectivity index (χ1) is 9.75. The number of hydrogen-bond donors (Lipinski definition) is 2. The fraction of sp³-hybridized carbons (Fsp3) is 0.643. The van der Waals surface area contributed by atoms with E-state index < -0.39 is 5.41 Å². The summed E-state index contributed by atoms with van der Waals surface area (Å²) in [5, 5.41) is 6.00. The molecule has 1 aromatic rings. The quantitative estimate of drug-likeness (QED) is 0.880. The summed E-state index contributed by atoms with van der Waals surface area (Å²) in [6.07, 6.45) is 0.916. The largest absolute Gasteiger partial charge is 0.347 e. The fourth-order valence-corrected chi connectivity index (χ4v) is 3.07. The Morgan fingerprint density at radius 2 is 2.10 bits per heavy atom. The van der Waals surface area contributed by atoms with E-state index in [-0.39, 0.29) is 18.4 Å². The van der Waals surface area contributed by atoms with Crippen LogP contribution in [0.5, 0.6) is 0 Å². The van der Waals surface area contributed by atoms with Crippen LogP contribution in [0.1, 0.15) is 31.3 Å².